The highest BCUT2D eigenvalue weighted by Gasteiger charge is 2.52. The van der Waals surface area contributed by atoms with E-state index in [0.717, 1.165) is 31.3 Å². The molecule has 174 valence electrons. The first-order valence-corrected chi connectivity index (χ1v) is 12.3. The van der Waals surface area contributed by atoms with Crippen LogP contribution in [0.4, 0.5) is 0 Å². The first-order valence-electron chi connectivity index (χ1n) is 12.3. The van der Waals surface area contributed by atoms with Crippen molar-refractivity contribution < 1.29 is 15.3 Å². The minimum atomic E-state index is -0.709. The molecule has 3 rings (SSSR count). The Morgan fingerprint density at radius 1 is 1.03 bits per heavy atom. The molecule has 0 aromatic rings. The van der Waals surface area contributed by atoms with E-state index in [1.807, 2.05) is 13.8 Å². The maximum absolute atomic E-state index is 10.8. The van der Waals surface area contributed by atoms with Crippen molar-refractivity contribution in [1.29, 1.82) is 0 Å². The first-order chi connectivity index (χ1) is 14.4. The van der Waals surface area contributed by atoms with Gasteiger partial charge in [0, 0.05) is 5.92 Å². The minimum absolute atomic E-state index is 0.0901. The summed E-state index contributed by atoms with van der Waals surface area (Å²) in [7, 11) is 0. The SMILES string of the molecule is C=C1CC[C@H](O)CC1=CC=C1CC(O)C[C@@]2(C)C1CC[C@@H]2[C@H](C)C=C[C@H](C)C(C)(C)O. The smallest absolute Gasteiger partial charge is 0.0651 e. The number of fused-ring (bicyclic) bond motifs is 1. The Kier molecular flexibility index (Phi) is 7.40. The van der Waals surface area contributed by atoms with Crippen LogP contribution >= 0.6 is 0 Å². The molecule has 2 unspecified atom stereocenters. The van der Waals surface area contributed by atoms with E-state index in [4.69, 9.17) is 0 Å². The van der Waals surface area contributed by atoms with Crippen LogP contribution in [0.1, 0.15) is 79.6 Å². The van der Waals surface area contributed by atoms with E-state index >= 15 is 0 Å². The van der Waals surface area contributed by atoms with Gasteiger partial charge in [-0.25, -0.2) is 0 Å². The van der Waals surface area contributed by atoms with Crippen LogP contribution in [-0.4, -0.2) is 33.1 Å². The lowest BCUT2D eigenvalue weighted by Gasteiger charge is -2.45. The summed E-state index contributed by atoms with van der Waals surface area (Å²) in [6.07, 6.45) is 14.7. The van der Waals surface area contributed by atoms with Gasteiger partial charge in [-0.05, 0) is 87.5 Å². The zero-order valence-electron chi connectivity index (χ0n) is 20.3. The second-order valence-electron chi connectivity index (χ2n) is 11.4. The molecule has 0 saturated heterocycles. The normalized spacial score (nSPS) is 39.3. The van der Waals surface area contributed by atoms with Crippen molar-refractivity contribution in [3.8, 4) is 0 Å². The number of rotatable bonds is 5. The number of aliphatic hydroxyl groups is 3. The topological polar surface area (TPSA) is 60.7 Å². The standard InChI is InChI=1S/C28H44O3/c1-18-8-12-23(29)15-21(18)10-11-22-16-24(30)17-28(6)25(13-14-26(22)28)19(2)7-9-20(3)27(4,5)31/h7,9-11,19-20,23-26,29-31H,1,8,12-17H2,2-6H3/t19-,20+,23+,24?,25-,26?,28-/m1/s1. The van der Waals surface area contributed by atoms with Gasteiger partial charge in [0.2, 0.25) is 0 Å². The second-order valence-corrected chi connectivity index (χ2v) is 11.4. The Bertz CT molecular complexity index is 753. The monoisotopic (exact) mass is 428 g/mol. The molecular formula is C28H44O3. The third-order valence-electron chi connectivity index (χ3n) is 8.64. The van der Waals surface area contributed by atoms with Crippen molar-refractivity contribution in [1.82, 2.24) is 0 Å². The van der Waals surface area contributed by atoms with Crippen molar-refractivity contribution in [3.63, 3.8) is 0 Å². The van der Waals surface area contributed by atoms with E-state index in [1.165, 1.54) is 24.0 Å². The zero-order valence-corrected chi connectivity index (χ0v) is 20.3. The van der Waals surface area contributed by atoms with Crippen molar-refractivity contribution in [2.24, 2.45) is 29.1 Å². The summed E-state index contributed by atoms with van der Waals surface area (Å²) in [4.78, 5) is 0. The van der Waals surface area contributed by atoms with E-state index < -0.39 is 5.60 Å². The molecule has 31 heavy (non-hydrogen) atoms. The molecule has 3 heteroatoms. The van der Waals surface area contributed by atoms with Crippen molar-refractivity contribution >= 4 is 0 Å². The third-order valence-corrected chi connectivity index (χ3v) is 8.64. The Hall–Kier alpha value is -1.16. The number of hydrogen-bond donors (Lipinski definition) is 3. The summed E-state index contributed by atoms with van der Waals surface area (Å²) in [5.74, 6) is 1.55. The second kappa shape index (κ2) is 9.37. The number of aliphatic hydroxyl groups excluding tert-OH is 2. The van der Waals surface area contributed by atoms with Gasteiger partial charge in [0.25, 0.3) is 0 Å². The number of allylic oxidation sites excluding steroid dienone is 4. The lowest BCUT2D eigenvalue weighted by Crippen LogP contribution is -2.40. The molecule has 0 aromatic carbocycles. The van der Waals surface area contributed by atoms with Crippen LogP contribution < -0.4 is 0 Å². The summed E-state index contributed by atoms with van der Waals surface area (Å²) in [6, 6.07) is 0. The van der Waals surface area contributed by atoms with Gasteiger partial charge in [0.05, 0.1) is 17.8 Å². The Morgan fingerprint density at radius 3 is 2.42 bits per heavy atom. The summed E-state index contributed by atoms with van der Waals surface area (Å²) in [5.41, 5.74) is 3.06. The van der Waals surface area contributed by atoms with Gasteiger partial charge in [-0.15, -0.1) is 0 Å². The van der Waals surface area contributed by atoms with Crippen molar-refractivity contribution in [3.05, 3.63) is 47.6 Å². The van der Waals surface area contributed by atoms with Crippen LogP contribution in [0.3, 0.4) is 0 Å². The Balaban J connectivity index is 1.80. The molecule has 0 radical (unpaired) electrons. The molecule has 0 aliphatic heterocycles. The van der Waals surface area contributed by atoms with Crippen LogP contribution in [-0.2, 0) is 0 Å². The fraction of sp³-hybridized carbons (Fsp3) is 0.714. The van der Waals surface area contributed by atoms with E-state index in [-0.39, 0.29) is 23.5 Å². The highest BCUT2D eigenvalue weighted by atomic mass is 16.3. The largest absolute Gasteiger partial charge is 0.393 e. The molecule has 3 saturated carbocycles. The molecule has 0 aromatic heterocycles. The molecule has 3 aliphatic carbocycles. The van der Waals surface area contributed by atoms with Crippen molar-refractivity contribution in [2.45, 2.75) is 97.4 Å². The van der Waals surface area contributed by atoms with Gasteiger partial charge in [0.1, 0.15) is 0 Å². The Morgan fingerprint density at radius 2 is 1.74 bits per heavy atom. The zero-order chi connectivity index (χ0) is 23.0. The van der Waals surface area contributed by atoms with E-state index in [9.17, 15) is 15.3 Å². The number of hydrogen-bond acceptors (Lipinski definition) is 3. The van der Waals surface area contributed by atoms with Crippen LogP contribution in [0, 0.1) is 29.1 Å². The predicted octanol–water partition coefficient (Wildman–Crippen LogP) is 5.73. The summed E-state index contributed by atoms with van der Waals surface area (Å²) >= 11 is 0. The lowest BCUT2D eigenvalue weighted by atomic mass is 9.60. The quantitative estimate of drug-likeness (QED) is 0.490. The van der Waals surface area contributed by atoms with E-state index in [1.54, 1.807) is 0 Å². The lowest BCUT2D eigenvalue weighted by molar-refractivity contribution is 0.0236. The maximum Gasteiger partial charge on any atom is 0.0651 e. The third kappa shape index (κ3) is 5.43. The van der Waals surface area contributed by atoms with Gasteiger partial charge in [-0.3, -0.25) is 0 Å². The average Bonchev–Trinajstić information content (AvgIpc) is 3.02. The van der Waals surface area contributed by atoms with Gasteiger partial charge in [-0.1, -0.05) is 62.8 Å². The molecule has 3 aliphatic rings. The van der Waals surface area contributed by atoms with Crippen LogP contribution in [0.25, 0.3) is 0 Å². The molecule has 0 amide bonds. The van der Waals surface area contributed by atoms with Gasteiger partial charge in [-0.2, -0.15) is 0 Å². The minimum Gasteiger partial charge on any atom is -0.393 e. The fourth-order valence-electron chi connectivity index (χ4n) is 6.32. The molecule has 0 heterocycles. The summed E-state index contributed by atoms with van der Waals surface area (Å²) in [5, 5.41) is 31.1. The molecule has 3 N–H and O–H groups in total. The predicted molar refractivity (Wildman–Crippen MR) is 128 cm³/mol. The highest BCUT2D eigenvalue weighted by molar-refractivity contribution is 5.36. The van der Waals surface area contributed by atoms with Gasteiger partial charge < -0.3 is 15.3 Å². The molecule has 0 bridgehead atoms. The van der Waals surface area contributed by atoms with Crippen LogP contribution in [0.2, 0.25) is 0 Å². The van der Waals surface area contributed by atoms with Crippen LogP contribution in [0.5, 0.6) is 0 Å². The van der Waals surface area contributed by atoms with Crippen LogP contribution in [0.15, 0.2) is 47.6 Å². The summed E-state index contributed by atoms with van der Waals surface area (Å²) < 4.78 is 0. The van der Waals surface area contributed by atoms with E-state index in [0.29, 0.717) is 24.2 Å². The fourth-order valence-corrected chi connectivity index (χ4v) is 6.32. The van der Waals surface area contributed by atoms with E-state index in [2.05, 4.69) is 51.7 Å². The van der Waals surface area contributed by atoms with Crippen molar-refractivity contribution in [2.75, 3.05) is 0 Å². The summed E-state index contributed by atoms with van der Waals surface area (Å²) in [6.45, 7) is 14.7. The molecular weight excluding hydrogens is 384 g/mol. The first kappa shape index (κ1) is 24.5. The molecule has 3 nitrogen and oxygen atoms in total. The molecule has 7 atom stereocenters. The highest BCUT2D eigenvalue weighted by Crippen LogP contribution is 2.59. The molecule has 0 spiro atoms. The molecule has 3 fully saturated rings. The average molecular weight is 429 g/mol. The Labute approximate surface area is 189 Å². The van der Waals surface area contributed by atoms with Gasteiger partial charge >= 0.3 is 0 Å². The van der Waals surface area contributed by atoms with Gasteiger partial charge in [0.15, 0.2) is 0 Å². The maximum atomic E-state index is 10.8.